The molecular formula is C25H25ClN2O6S. The molecule has 0 bridgehead atoms. The van der Waals surface area contributed by atoms with Gasteiger partial charge in [0.1, 0.15) is 16.5 Å². The number of ether oxygens (including phenoxy) is 3. The van der Waals surface area contributed by atoms with Gasteiger partial charge in [0.2, 0.25) is 5.91 Å². The highest BCUT2D eigenvalue weighted by Gasteiger charge is 2.27. The summed E-state index contributed by atoms with van der Waals surface area (Å²) in [6, 6.07) is 11.9. The quantitative estimate of drug-likeness (QED) is 0.372. The van der Waals surface area contributed by atoms with Gasteiger partial charge in [-0.15, -0.1) is 11.3 Å². The van der Waals surface area contributed by atoms with Crippen LogP contribution in [0, 0.1) is 6.92 Å². The number of carbonyl (C=O) groups excluding carboxylic acids is 3. The molecule has 0 unspecified atom stereocenters. The lowest BCUT2D eigenvalue weighted by molar-refractivity contribution is -0.115. The van der Waals surface area contributed by atoms with E-state index in [1.165, 1.54) is 14.2 Å². The highest BCUT2D eigenvalue weighted by Crippen LogP contribution is 2.36. The standard InChI is InChI=1S/C25H25ClN2O6S/c1-5-34-25(31)21-14(2)22(23(30)27-18-11-10-17(32-3)13-19(18)33-4)35-24(21)28-20(29)12-15-6-8-16(26)9-7-15/h6-11,13H,5,12H2,1-4H3,(H,27,30)(H,28,29). The monoisotopic (exact) mass is 516 g/mol. The van der Waals surface area contributed by atoms with Gasteiger partial charge in [-0.2, -0.15) is 0 Å². The summed E-state index contributed by atoms with van der Waals surface area (Å²) in [5.74, 6) is -0.441. The molecule has 0 aliphatic carbocycles. The fourth-order valence-electron chi connectivity index (χ4n) is 3.31. The van der Waals surface area contributed by atoms with Crippen molar-refractivity contribution in [3.8, 4) is 11.5 Å². The van der Waals surface area contributed by atoms with Crippen LogP contribution in [0.15, 0.2) is 42.5 Å². The van der Waals surface area contributed by atoms with Crippen molar-refractivity contribution >= 4 is 51.4 Å². The van der Waals surface area contributed by atoms with Gasteiger partial charge >= 0.3 is 5.97 Å². The van der Waals surface area contributed by atoms with Crippen LogP contribution in [0.5, 0.6) is 11.5 Å². The van der Waals surface area contributed by atoms with Crippen molar-refractivity contribution in [1.82, 2.24) is 0 Å². The number of hydrogen-bond acceptors (Lipinski definition) is 7. The Balaban J connectivity index is 1.89. The largest absolute Gasteiger partial charge is 0.497 e. The van der Waals surface area contributed by atoms with Crippen LogP contribution in [0.25, 0.3) is 0 Å². The van der Waals surface area contributed by atoms with Crippen LogP contribution >= 0.6 is 22.9 Å². The maximum atomic E-state index is 13.1. The van der Waals surface area contributed by atoms with Gasteiger partial charge in [-0.25, -0.2) is 4.79 Å². The average molecular weight is 517 g/mol. The summed E-state index contributed by atoms with van der Waals surface area (Å²) in [6.07, 6.45) is 0.0704. The first-order valence-electron chi connectivity index (χ1n) is 10.7. The smallest absolute Gasteiger partial charge is 0.341 e. The summed E-state index contributed by atoms with van der Waals surface area (Å²) in [5, 5.41) is 6.36. The Bertz CT molecular complexity index is 1240. The summed E-state index contributed by atoms with van der Waals surface area (Å²) in [4.78, 5) is 38.8. The maximum absolute atomic E-state index is 13.1. The molecule has 1 aromatic heterocycles. The normalized spacial score (nSPS) is 10.4. The summed E-state index contributed by atoms with van der Waals surface area (Å²) in [5.41, 5.74) is 1.73. The van der Waals surface area contributed by atoms with Crippen molar-refractivity contribution in [2.24, 2.45) is 0 Å². The number of carbonyl (C=O) groups is 3. The fraction of sp³-hybridized carbons (Fsp3) is 0.240. The minimum Gasteiger partial charge on any atom is -0.497 e. The van der Waals surface area contributed by atoms with E-state index in [1.54, 1.807) is 56.3 Å². The zero-order valence-corrected chi connectivity index (χ0v) is 21.3. The topological polar surface area (TPSA) is 103 Å². The number of nitrogens with one attached hydrogen (secondary N) is 2. The first-order chi connectivity index (χ1) is 16.8. The Kier molecular flexibility index (Phi) is 8.73. The SMILES string of the molecule is CCOC(=O)c1c(NC(=O)Cc2ccc(Cl)cc2)sc(C(=O)Nc2ccc(OC)cc2OC)c1C. The summed E-state index contributed by atoms with van der Waals surface area (Å²) in [7, 11) is 3.01. The Hall–Kier alpha value is -3.56. The number of anilines is 2. The fourth-order valence-corrected chi connectivity index (χ4v) is 4.54. The summed E-state index contributed by atoms with van der Waals surface area (Å²) in [6.45, 7) is 3.47. The Morgan fingerprint density at radius 1 is 1.00 bits per heavy atom. The first-order valence-corrected chi connectivity index (χ1v) is 11.8. The molecule has 0 fully saturated rings. The van der Waals surface area contributed by atoms with Crippen molar-refractivity contribution in [1.29, 1.82) is 0 Å². The van der Waals surface area contributed by atoms with E-state index >= 15 is 0 Å². The number of esters is 1. The predicted octanol–water partition coefficient (Wildman–Crippen LogP) is 5.34. The Morgan fingerprint density at radius 3 is 2.34 bits per heavy atom. The molecule has 2 aromatic carbocycles. The number of thiophene rings is 1. The van der Waals surface area contributed by atoms with Crippen LogP contribution in [0.2, 0.25) is 5.02 Å². The van der Waals surface area contributed by atoms with Crippen molar-refractivity contribution in [2.45, 2.75) is 20.3 Å². The van der Waals surface area contributed by atoms with Gasteiger partial charge in [0.05, 0.1) is 43.4 Å². The molecular weight excluding hydrogens is 492 g/mol. The molecule has 1 heterocycles. The molecule has 10 heteroatoms. The molecule has 0 aliphatic rings. The molecule has 0 atom stereocenters. The molecule has 0 radical (unpaired) electrons. The molecule has 2 amide bonds. The Morgan fingerprint density at radius 2 is 1.71 bits per heavy atom. The molecule has 0 saturated heterocycles. The minimum atomic E-state index is -0.621. The molecule has 0 spiro atoms. The molecule has 3 rings (SSSR count). The van der Waals surface area contributed by atoms with E-state index in [0.29, 0.717) is 27.8 Å². The zero-order chi connectivity index (χ0) is 25.5. The third kappa shape index (κ3) is 6.32. The lowest BCUT2D eigenvalue weighted by Gasteiger charge is -2.11. The van der Waals surface area contributed by atoms with Crippen molar-refractivity contribution in [3.05, 3.63) is 69.1 Å². The minimum absolute atomic E-state index is 0.0704. The van der Waals surface area contributed by atoms with Gasteiger partial charge in [0, 0.05) is 11.1 Å². The third-order valence-corrected chi connectivity index (χ3v) is 6.48. The molecule has 2 N–H and O–H groups in total. The maximum Gasteiger partial charge on any atom is 0.341 e. The lowest BCUT2D eigenvalue weighted by Crippen LogP contribution is -2.16. The molecule has 0 aliphatic heterocycles. The van der Waals surface area contributed by atoms with Crippen LogP contribution in [-0.2, 0) is 16.0 Å². The number of halogens is 1. The zero-order valence-electron chi connectivity index (χ0n) is 19.7. The molecule has 3 aromatic rings. The van der Waals surface area contributed by atoms with Crippen LogP contribution in [0.4, 0.5) is 10.7 Å². The number of benzene rings is 2. The number of hydrogen-bond donors (Lipinski definition) is 2. The van der Waals surface area contributed by atoms with Gasteiger partial charge in [0.25, 0.3) is 5.91 Å². The second-order valence-corrected chi connectivity index (χ2v) is 8.81. The second-order valence-electron chi connectivity index (χ2n) is 7.35. The second kappa shape index (κ2) is 11.7. The van der Waals surface area contributed by atoms with Gasteiger partial charge in [-0.3, -0.25) is 9.59 Å². The van der Waals surface area contributed by atoms with Crippen molar-refractivity contribution in [3.63, 3.8) is 0 Å². The average Bonchev–Trinajstić information content (AvgIpc) is 3.16. The van der Waals surface area contributed by atoms with E-state index in [4.69, 9.17) is 25.8 Å². The van der Waals surface area contributed by atoms with Crippen molar-refractivity contribution < 1.29 is 28.6 Å². The summed E-state index contributed by atoms with van der Waals surface area (Å²) >= 11 is 6.90. The van der Waals surface area contributed by atoms with Gasteiger partial charge < -0.3 is 24.8 Å². The molecule has 0 saturated carbocycles. The van der Waals surface area contributed by atoms with E-state index in [9.17, 15) is 14.4 Å². The number of rotatable bonds is 9. The molecule has 184 valence electrons. The van der Waals surface area contributed by atoms with Crippen LogP contribution in [-0.4, -0.2) is 38.6 Å². The highest BCUT2D eigenvalue weighted by molar-refractivity contribution is 7.19. The van der Waals surface area contributed by atoms with E-state index in [2.05, 4.69) is 10.6 Å². The third-order valence-electron chi connectivity index (χ3n) is 5.02. The van der Waals surface area contributed by atoms with Crippen LogP contribution < -0.4 is 20.1 Å². The number of amides is 2. The first kappa shape index (κ1) is 26.1. The van der Waals surface area contributed by atoms with E-state index in [1.807, 2.05) is 0 Å². The van der Waals surface area contributed by atoms with Gasteiger partial charge in [-0.05, 0) is 49.2 Å². The van der Waals surface area contributed by atoms with Crippen molar-refractivity contribution in [2.75, 3.05) is 31.5 Å². The van der Waals surface area contributed by atoms with E-state index in [0.717, 1.165) is 16.9 Å². The predicted molar refractivity (Wildman–Crippen MR) is 136 cm³/mol. The number of methoxy groups -OCH3 is 2. The van der Waals surface area contributed by atoms with E-state index < -0.39 is 11.9 Å². The highest BCUT2D eigenvalue weighted by atomic mass is 35.5. The Labute approximate surface area is 212 Å². The molecule has 35 heavy (non-hydrogen) atoms. The van der Waals surface area contributed by atoms with Gasteiger partial charge in [-0.1, -0.05) is 23.7 Å². The summed E-state index contributed by atoms with van der Waals surface area (Å²) < 4.78 is 15.7. The van der Waals surface area contributed by atoms with Crippen LogP contribution in [0.1, 0.15) is 38.1 Å². The lowest BCUT2D eigenvalue weighted by atomic mass is 10.1. The molecule has 8 nitrogen and oxygen atoms in total. The van der Waals surface area contributed by atoms with Crippen LogP contribution in [0.3, 0.4) is 0 Å². The van der Waals surface area contributed by atoms with E-state index in [-0.39, 0.29) is 34.4 Å². The van der Waals surface area contributed by atoms with Gasteiger partial charge in [0.15, 0.2) is 0 Å².